The molecule has 1 amide bonds. The normalized spacial score (nSPS) is 15.6. The van der Waals surface area contributed by atoms with Gasteiger partial charge in [-0.2, -0.15) is 0 Å². The topological polar surface area (TPSA) is 42.0 Å². The molecule has 1 N–H and O–H groups in total. The van der Waals surface area contributed by atoms with Gasteiger partial charge in [0.15, 0.2) is 0 Å². The Morgan fingerprint density at radius 2 is 2.00 bits per heavy atom. The summed E-state index contributed by atoms with van der Waals surface area (Å²) in [5, 5.41) is 2.94. The van der Waals surface area contributed by atoms with Crippen LogP contribution in [-0.2, 0) is 16.6 Å². The van der Waals surface area contributed by atoms with Gasteiger partial charge >= 0.3 is 0 Å². The first-order valence-corrected chi connectivity index (χ1v) is 5.68. The summed E-state index contributed by atoms with van der Waals surface area (Å²) in [6, 6.07) is 0. The predicted octanol–water partition coefficient (Wildman–Crippen LogP) is 2.57. The SMILES string of the molecule is Cc1c(C(C)(C)C)cnc2c1NC(=O)CC2. The van der Waals surface area contributed by atoms with Crippen molar-refractivity contribution >= 4 is 11.6 Å². The lowest BCUT2D eigenvalue weighted by atomic mass is 9.84. The lowest BCUT2D eigenvalue weighted by molar-refractivity contribution is -0.116. The highest BCUT2D eigenvalue weighted by molar-refractivity contribution is 5.94. The molecule has 2 rings (SSSR count). The van der Waals surface area contributed by atoms with Gasteiger partial charge in [0.1, 0.15) is 0 Å². The van der Waals surface area contributed by atoms with Crippen LogP contribution in [0.25, 0.3) is 0 Å². The molecule has 1 aromatic heterocycles. The van der Waals surface area contributed by atoms with Crippen LogP contribution in [0.3, 0.4) is 0 Å². The van der Waals surface area contributed by atoms with E-state index in [-0.39, 0.29) is 11.3 Å². The Kier molecular flexibility index (Phi) is 2.49. The second-order valence-corrected chi connectivity index (χ2v) is 5.42. The summed E-state index contributed by atoms with van der Waals surface area (Å²) in [5.41, 5.74) is 4.38. The quantitative estimate of drug-likeness (QED) is 0.727. The molecule has 1 aliphatic rings. The Bertz CT molecular complexity index is 444. The molecule has 3 nitrogen and oxygen atoms in total. The third-order valence-electron chi connectivity index (χ3n) is 3.08. The smallest absolute Gasteiger partial charge is 0.224 e. The van der Waals surface area contributed by atoms with Crippen LogP contribution in [0, 0.1) is 6.92 Å². The van der Waals surface area contributed by atoms with Gasteiger partial charge in [0.05, 0.1) is 11.4 Å². The minimum absolute atomic E-state index is 0.0638. The molecule has 0 unspecified atom stereocenters. The van der Waals surface area contributed by atoms with Crippen molar-refractivity contribution in [3.63, 3.8) is 0 Å². The van der Waals surface area contributed by atoms with Gasteiger partial charge in [-0.15, -0.1) is 0 Å². The number of carbonyl (C=O) groups excluding carboxylic acids is 1. The molecule has 1 aliphatic heterocycles. The highest BCUT2D eigenvalue weighted by Gasteiger charge is 2.24. The highest BCUT2D eigenvalue weighted by Crippen LogP contribution is 2.32. The van der Waals surface area contributed by atoms with Crippen LogP contribution in [0.5, 0.6) is 0 Å². The van der Waals surface area contributed by atoms with E-state index in [1.807, 2.05) is 6.20 Å². The van der Waals surface area contributed by atoms with Crippen molar-refractivity contribution in [1.82, 2.24) is 4.98 Å². The first-order valence-electron chi connectivity index (χ1n) is 5.68. The fraction of sp³-hybridized carbons (Fsp3) is 0.538. The maximum atomic E-state index is 11.4. The van der Waals surface area contributed by atoms with Crippen LogP contribution < -0.4 is 5.32 Å². The fourth-order valence-corrected chi connectivity index (χ4v) is 2.20. The number of aryl methyl sites for hydroxylation is 1. The average Bonchev–Trinajstić information content (AvgIpc) is 2.17. The number of rotatable bonds is 0. The number of aromatic nitrogens is 1. The van der Waals surface area contributed by atoms with Crippen LogP contribution >= 0.6 is 0 Å². The van der Waals surface area contributed by atoms with E-state index in [1.54, 1.807) is 0 Å². The van der Waals surface area contributed by atoms with E-state index in [0.29, 0.717) is 6.42 Å². The lowest BCUT2D eigenvalue weighted by Gasteiger charge is -2.26. The Morgan fingerprint density at radius 3 is 2.62 bits per heavy atom. The monoisotopic (exact) mass is 218 g/mol. The third-order valence-corrected chi connectivity index (χ3v) is 3.08. The third kappa shape index (κ3) is 1.82. The number of pyridine rings is 1. The molecule has 1 aromatic rings. The number of hydrogen-bond acceptors (Lipinski definition) is 2. The van der Waals surface area contributed by atoms with Crippen LogP contribution in [-0.4, -0.2) is 10.9 Å². The molecule has 0 saturated carbocycles. The van der Waals surface area contributed by atoms with Gasteiger partial charge in [0, 0.05) is 19.0 Å². The van der Waals surface area contributed by atoms with Gasteiger partial charge < -0.3 is 5.32 Å². The second kappa shape index (κ2) is 3.58. The maximum absolute atomic E-state index is 11.4. The summed E-state index contributed by atoms with van der Waals surface area (Å²) in [6.07, 6.45) is 3.26. The number of fused-ring (bicyclic) bond motifs is 1. The number of nitrogens with zero attached hydrogens (tertiary/aromatic N) is 1. The Morgan fingerprint density at radius 1 is 1.31 bits per heavy atom. The van der Waals surface area contributed by atoms with E-state index >= 15 is 0 Å². The summed E-state index contributed by atoms with van der Waals surface area (Å²) < 4.78 is 0. The van der Waals surface area contributed by atoms with Gasteiger partial charge in [-0.05, 0) is 23.5 Å². The summed E-state index contributed by atoms with van der Waals surface area (Å²) in [5.74, 6) is 0.100. The molecule has 0 saturated heterocycles. The number of anilines is 1. The van der Waals surface area contributed by atoms with Crippen molar-refractivity contribution in [3.8, 4) is 0 Å². The van der Waals surface area contributed by atoms with Crippen molar-refractivity contribution in [2.75, 3.05) is 5.32 Å². The molecular weight excluding hydrogens is 200 g/mol. The number of nitrogens with one attached hydrogen (secondary N) is 1. The van der Waals surface area contributed by atoms with Crippen LogP contribution in [0.4, 0.5) is 5.69 Å². The van der Waals surface area contributed by atoms with Gasteiger partial charge in [-0.25, -0.2) is 0 Å². The zero-order chi connectivity index (χ0) is 11.9. The van der Waals surface area contributed by atoms with E-state index in [0.717, 1.165) is 23.4 Å². The molecule has 86 valence electrons. The van der Waals surface area contributed by atoms with Crippen LogP contribution in [0.2, 0.25) is 0 Å². The number of amides is 1. The van der Waals surface area contributed by atoms with Crippen molar-refractivity contribution in [1.29, 1.82) is 0 Å². The van der Waals surface area contributed by atoms with E-state index < -0.39 is 0 Å². The Balaban J connectivity index is 2.55. The number of carbonyl (C=O) groups is 1. The van der Waals surface area contributed by atoms with Crippen LogP contribution in [0.1, 0.15) is 44.0 Å². The summed E-state index contributed by atoms with van der Waals surface area (Å²) in [7, 11) is 0. The van der Waals surface area contributed by atoms with Crippen LogP contribution in [0.15, 0.2) is 6.20 Å². The molecule has 0 aliphatic carbocycles. The highest BCUT2D eigenvalue weighted by atomic mass is 16.1. The molecule has 2 heterocycles. The summed E-state index contributed by atoms with van der Waals surface area (Å²) in [6.45, 7) is 8.54. The van der Waals surface area contributed by atoms with E-state index in [9.17, 15) is 4.79 Å². The van der Waals surface area contributed by atoms with Crippen molar-refractivity contribution in [3.05, 3.63) is 23.0 Å². The van der Waals surface area contributed by atoms with E-state index in [4.69, 9.17) is 0 Å². The van der Waals surface area contributed by atoms with Gasteiger partial charge in [0.2, 0.25) is 5.91 Å². The molecule has 0 fully saturated rings. The van der Waals surface area contributed by atoms with Crippen molar-refractivity contribution in [2.45, 2.75) is 46.0 Å². The van der Waals surface area contributed by atoms with Crippen molar-refractivity contribution < 1.29 is 4.79 Å². The zero-order valence-corrected chi connectivity index (χ0v) is 10.3. The van der Waals surface area contributed by atoms with E-state index in [1.165, 1.54) is 5.56 Å². The van der Waals surface area contributed by atoms with Gasteiger partial charge in [0.25, 0.3) is 0 Å². The van der Waals surface area contributed by atoms with Gasteiger partial charge in [-0.3, -0.25) is 9.78 Å². The zero-order valence-electron chi connectivity index (χ0n) is 10.3. The minimum Gasteiger partial charge on any atom is -0.324 e. The first-order chi connectivity index (χ1) is 7.39. The van der Waals surface area contributed by atoms with Crippen molar-refractivity contribution in [2.24, 2.45) is 0 Å². The number of hydrogen-bond donors (Lipinski definition) is 1. The minimum atomic E-state index is 0.0638. The summed E-state index contributed by atoms with van der Waals surface area (Å²) >= 11 is 0. The second-order valence-electron chi connectivity index (χ2n) is 5.42. The molecule has 0 radical (unpaired) electrons. The Hall–Kier alpha value is -1.38. The predicted molar refractivity (Wildman–Crippen MR) is 64.6 cm³/mol. The largest absolute Gasteiger partial charge is 0.324 e. The molecule has 0 aromatic carbocycles. The molecule has 0 spiro atoms. The lowest BCUT2D eigenvalue weighted by Crippen LogP contribution is -2.23. The fourth-order valence-electron chi connectivity index (χ4n) is 2.20. The standard InChI is InChI=1S/C13H18N2O/c1-8-9(13(2,3)4)7-14-10-5-6-11(16)15-12(8)10/h7H,5-6H2,1-4H3,(H,15,16). The Labute approximate surface area is 96.3 Å². The summed E-state index contributed by atoms with van der Waals surface area (Å²) in [4.78, 5) is 15.9. The molecule has 0 atom stereocenters. The molecule has 0 bridgehead atoms. The van der Waals surface area contributed by atoms with Gasteiger partial charge in [-0.1, -0.05) is 20.8 Å². The van der Waals surface area contributed by atoms with E-state index in [2.05, 4.69) is 38.0 Å². The maximum Gasteiger partial charge on any atom is 0.224 e. The average molecular weight is 218 g/mol. The molecule has 3 heteroatoms. The first kappa shape index (κ1) is 11.1. The molecular formula is C13H18N2O. The molecule has 16 heavy (non-hydrogen) atoms.